The lowest BCUT2D eigenvalue weighted by Gasteiger charge is -2.08. The zero-order valence-electron chi connectivity index (χ0n) is 17.1. The number of aromatic amines is 1. The van der Waals surface area contributed by atoms with Gasteiger partial charge in [-0.25, -0.2) is 14.6 Å². The van der Waals surface area contributed by atoms with Crippen molar-refractivity contribution >= 4 is 28.6 Å². The Balaban J connectivity index is 0.000000343. The van der Waals surface area contributed by atoms with E-state index in [4.69, 9.17) is 10.2 Å². The molecule has 0 aliphatic carbocycles. The third-order valence-corrected chi connectivity index (χ3v) is 4.49. The lowest BCUT2D eigenvalue weighted by atomic mass is 10.0. The molecule has 0 bridgehead atoms. The molecule has 0 saturated heterocycles. The molecule has 0 aliphatic heterocycles. The van der Waals surface area contributed by atoms with Gasteiger partial charge >= 0.3 is 11.9 Å². The van der Waals surface area contributed by atoms with E-state index in [0.717, 1.165) is 27.9 Å². The molecule has 2 aromatic heterocycles. The van der Waals surface area contributed by atoms with Crippen LogP contribution in [0.3, 0.4) is 0 Å². The second-order valence-corrected chi connectivity index (χ2v) is 6.97. The van der Waals surface area contributed by atoms with Crippen LogP contribution in [0.2, 0.25) is 0 Å². The van der Waals surface area contributed by atoms with E-state index in [1.807, 2.05) is 31.3 Å². The minimum absolute atomic E-state index is 0.179. The van der Waals surface area contributed by atoms with Crippen molar-refractivity contribution in [3.05, 3.63) is 65.9 Å². The first-order valence-electron chi connectivity index (χ1n) is 9.46. The number of carbonyl (C=O) groups is 3. The number of fused-ring (bicyclic) bond motifs is 1. The highest BCUT2D eigenvalue weighted by atomic mass is 16.4. The average Bonchev–Trinajstić information content (AvgIpc) is 3.28. The minimum atomic E-state index is -1.26. The first kappa shape index (κ1) is 22.6. The third-order valence-electron chi connectivity index (χ3n) is 4.49. The molecule has 0 amide bonds. The van der Waals surface area contributed by atoms with E-state index >= 15 is 0 Å². The van der Waals surface area contributed by atoms with Crippen molar-refractivity contribution in [1.82, 2.24) is 14.5 Å². The van der Waals surface area contributed by atoms with Crippen molar-refractivity contribution in [1.29, 1.82) is 0 Å². The fourth-order valence-corrected chi connectivity index (χ4v) is 3.00. The lowest BCUT2D eigenvalue weighted by Crippen LogP contribution is -2.02. The predicted octanol–water partition coefficient (Wildman–Crippen LogP) is 3.78. The molecular formula is C22H25N3O5. The van der Waals surface area contributed by atoms with Gasteiger partial charge in [-0.1, -0.05) is 18.2 Å². The van der Waals surface area contributed by atoms with Crippen LogP contribution < -0.4 is 0 Å². The number of para-hydroxylation sites is 1. The highest BCUT2D eigenvalue weighted by Crippen LogP contribution is 2.26. The monoisotopic (exact) mass is 411 g/mol. The molecule has 0 unspecified atom stereocenters. The number of rotatable bonds is 7. The molecule has 3 rings (SSSR count). The summed E-state index contributed by atoms with van der Waals surface area (Å²) in [4.78, 5) is 39.1. The summed E-state index contributed by atoms with van der Waals surface area (Å²) in [6.45, 7) is 6.25. The fraction of sp³-hybridized carbons (Fsp3) is 0.273. The summed E-state index contributed by atoms with van der Waals surface area (Å²) in [6.07, 6.45) is 5.95. The molecule has 2 heterocycles. The van der Waals surface area contributed by atoms with Crippen LogP contribution in [0.4, 0.5) is 0 Å². The highest BCUT2D eigenvalue weighted by Gasteiger charge is 2.16. The number of carboxylic acids is 2. The Labute approximate surface area is 173 Å². The smallest absolute Gasteiger partial charge is 0.328 e. The molecule has 30 heavy (non-hydrogen) atoms. The normalized spacial score (nSPS) is 10.9. The lowest BCUT2D eigenvalue weighted by molar-refractivity contribution is -0.134. The van der Waals surface area contributed by atoms with Gasteiger partial charge < -0.3 is 19.8 Å². The molecule has 158 valence electrons. The van der Waals surface area contributed by atoms with Gasteiger partial charge in [-0.15, -0.1) is 0 Å². The van der Waals surface area contributed by atoms with Crippen molar-refractivity contribution in [2.24, 2.45) is 0 Å². The fourth-order valence-electron chi connectivity index (χ4n) is 3.00. The number of H-pyrrole nitrogens is 1. The Kier molecular flexibility index (Phi) is 7.69. The quantitative estimate of drug-likeness (QED) is 0.401. The first-order chi connectivity index (χ1) is 14.2. The number of imidazole rings is 1. The number of Topliss-reactive ketones (excluding diaryl/α,β-unsaturated/α-hetero) is 1. The summed E-state index contributed by atoms with van der Waals surface area (Å²) in [7, 11) is 0. The number of hydrogen-bond donors (Lipinski definition) is 3. The average molecular weight is 411 g/mol. The molecular weight excluding hydrogens is 386 g/mol. The second-order valence-electron chi connectivity index (χ2n) is 6.97. The van der Waals surface area contributed by atoms with Crippen LogP contribution >= 0.6 is 0 Å². The molecule has 3 aromatic rings. The number of aryl methyl sites for hydroxylation is 2. The number of hydrogen-bond acceptors (Lipinski definition) is 4. The number of benzene rings is 1. The van der Waals surface area contributed by atoms with Crippen molar-refractivity contribution in [2.75, 3.05) is 0 Å². The topological polar surface area (TPSA) is 125 Å². The van der Waals surface area contributed by atoms with Crippen LogP contribution in [0, 0.1) is 6.92 Å². The molecule has 0 atom stereocenters. The molecule has 0 radical (unpaired) electrons. The molecule has 0 spiro atoms. The van der Waals surface area contributed by atoms with Crippen LogP contribution in [-0.4, -0.2) is 42.5 Å². The maximum Gasteiger partial charge on any atom is 0.328 e. The van der Waals surface area contributed by atoms with Crippen molar-refractivity contribution in [3.63, 3.8) is 0 Å². The molecule has 0 fully saturated rings. The minimum Gasteiger partial charge on any atom is -0.478 e. The Bertz CT molecular complexity index is 1060. The number of aliphatic carboxylic acids is 2. The summed E-state index contributed by atoms with van der Waals surface area (Å²) >= 11 is 0. The summed E-state index contributed by atoms with van der Waals surface area (Å²) in [5.41, 5.74) is 3.95. The summed E-state index contributed by atoms with van der Waals surface area (Å²) in [6, 6.07) is 8.44. The van der Waals surface area contributed by atoms with Gasteiger partial charge in [0.05, 0.1) is 12.0 Å². The number of nitrogens with one attached hydrogen (secondary N) is 1. The predicted molar refractivity (Wildman–Crippen MR) is 113 cm³/mol. The van der Waals surface area contributed by atoms with E-state index in [-0.39, 0.29) is 5.78 Å². The Hall–Kier alpha value is -3.68. The Morgan fingerprint density at radius 2 is 1.77 bits per heavy atom. The maximum absolute atomic E-state index is 12.6. The number of carbonyl (C=O) groups excluding carboxylic acids is 1. The molecule has 3 N–H and O–H groups in total. The van der Waals surface area contributed by atoms with Gasteiger partial charge in [0.1, 0.15) is 0 Å². The molecule has 0 saturated carbocycles. The Morgan fingerprint density at radius 3 is 2.30 bits per heavy atom. The summed E-state index contributed by atoms with van der Waals surface area (Å²) in [5, 5.41) is 16.7. The van der Waals surface area contributed by atoms with Gasteiger partial charge in [0.15, 0.2) is 5.78 Å². The number of ketones is 1. The van der Waals surface area contributed by atoms with E-state index in [9.17, 15) is 14.4 Å². The van der Waals surface area contributed by atoms with Gasteiger partial charge in [-0.3, -0.25) is 4.79 Å². The van der Waals surface area contributed by atoms with E-state index in [0.29, 0.717) is 31.0 Å². The molecule has 1 aromatic carbocycles. The van der Waals surface area contributed by atoms with E-state index in [1.54, 1.807) is 6.33 Å². The van der Waals surface area contributed by atoms with Gasteiger partial charge in [0.2, 0.25) is 0 Å². The van der Waals surface area contributed by atoms with Gasteiger partial charge in [0.25, 0.3) is 0 Å². The first-order valence-corrected chi connectivity index (χ1v) is 9.46. The molecule has 8 heteroatoms. The van der Waals surface area contributed by atoms with E-state index < -0.39 is 11.9 Å². The number of carboxylic acid groups (broad SMARTS) is 2. The maximum atomic E-state index is 12.6. The zero-order valence-corrected chi connectivity index (χ0v) is 17.1. The van der Waals surface area contributed by atoms with Crippen molar-refractivity contribution in [3.8, 4) is 0 Å². The largest absolute Gasteiger partial charge is 0.478 e. The van der Waals surface area contributed by atoms with Crippen LogP contribution in [0.1, 0.15) is 48.1 Å². The van der Waals surface area contributed by atoms with Crippen LogP contribution in [0.5, 0.6) is 0 Å². The number of nitrogens with zero attached hydrogens (tertiary/aromatic N) is 2. The zero-order chi connectivity index (χ0) is 22.3. The van der Waals surface area contributed by atoms with Crippen LogP contribution in [0.15, 0.2) is 48.9 Å². The standard InChI is InChI=1S/C18H21N3O.C4H4O4/c1-12(2)21-10-15(14-6-4-5-7-17(14)21)18(22)9-8-16-13(3)19-11-20-16;5-3(6)1-2-4(7)8/h4-7,10-12H,8-9H2,1-3H3,(H,19,20);1-2H,(H,5,6)(H,7,8). The number of aromatic nitrogens is 3. The van der Waals surface area contributed by atoms with Crippen LogP contribution in [0.25, 0.3) is 10.9 Å². The molecule has 0 aliphatic rings. The highest BCUT2D eigenvalue weighted by molar-refractivity contribution is 6.08. The van der Waals surface area contributed by atoms with Crippen molar-refractivity contribution < 1.29 is 24.6 Å². The molecule has 8 nitrogen and oxygen atoms in total. The Morgan fingerprint density at radius 1 is 1.13 bits per heavy atom. The van der Waals surface area contributed by atoms with Crippen molar-refractivity contribution in [2.45, 2.75) is 39.7 Å². The second kappa shape index (κ2) is 10.2. The van der Waals surface area contributed by atoms with Gasteiger partial charge in [-0.05, 0) is 33.3 Å². The van der Waals surface area contributed by atoms with Gasteiger partial charge in [-0.2, -0.15) is 0 Å². The third kappa shape index (κ3) is 5.91. The van der Waals surface area contributed by atoms with Crippen LogP contribution in [-0.2, 0) is 16.0 Å². The van der Waals surface area contributed by atoms with Gasteiger partial charge in [0, 0.05) is 53.0 Å². The SMILES string of the molecule is Cc1[nH]cnc1CCC(=O)c1cn(C(C)C)c2ccccc12.O=C(O)C=CC(=O)O. The summed E-state index contributed by atoms with van der Waals surface area (Å²) in [5.74, 6) is -2.34. The summed E-state index contributed by atoms with van der Waals surface area (Å²) < 4.78 is 2.17. The van der Waals surface area contributed by atoms with E-state index in [2.05, 4.69) is 34.4 Å². The van der Waals surface area contributed by atoms with E-state index in [1.165, 1.54) is 0 Å².